The van der Waals surface area contributed by atoms with Crippen molar-refractivity contribution in [1.29, 1.82) is 0 Å². The molecule has 2 N–H and O–H groups in total. The number of likely N-dealkylation sites (tertiary alicyclic amines) is 2. The molecule has 2 aromatic heterocycles. The van der Waals surface area contributed by atoms with Crippen LogP contribution in [0.5, 0.6) is 5.75 Å². The van der Waals surface area contributed by atoms with Crippen LogP contribution < -0.4 is 0 Å². The molecule has 15 heteroatoms. The van der Waals surface area contributed by atoms with E-state index in [0.29, 0.717) is 60.0 Å². The maximum atomic E-state index is 13.7. The summed E-state index contributed by atoms with van der Waals surface area (Å²) >= 11 is 0. The molecule has 2 aliphatic carbocycles. The predicted molar refractivity (Wildman–Crippen MR) is 210 cm³/mol. The normalized spacial score (nSPS) is 23.7. The van der Waals surface area contributed by atoms with Gasteiger partial charge in [0.15, 0.2) is 0 Å². The zero-order chi connectivity index (χ0) is 40.3. The van der Waals surface area contributed by atoms with E-state index >= 15 is 0 Å². The van der Waals surface area contributed by atoms with Crippen LogP contribution in [-0.4, -0.2) is 93.0 Å². The molecule has 4 heterocycles. The van der Waals surface area contributed by atoms with Crippen LogP contribution in [0, 0.1) is 29.4 Å². The second-order valence-corrected chi connectivity index (χ2v) is 16.4. The molecule has 4 fully saturated rings. The quantitative estimate of drug-likeness (QED) is 0.171. The van der Waals surface area contributed by atoms with E-state index in [1.165, 1.54) is 56.4 Å². The molecule has 3 aromatic carbocycles. The molecule has 0 spiro atoms. The smallest absolute Gasteiger partial charge is 0.306 e. The van der Waals surface area contributed by atoms with E-state index in [1.54, 1.807) is 45.8 Å². The lowest BCUT2D eigenvalue weighted by molar-refractivity contribution is -0.154. The molecule has 5 aromatic rings. The van der Waals surface area contributed by atoms with Gasteiger partial charge in [-0.1, -0.05) is 48.2 Å². The fourth-order valence-electron chi connectivity index (χ4n) is 10.1. The lowest BCUT2D eigenvalue weighted by Crippen LogP contribution is -2.54. The highest BCUT2D eigenvalue weighted by Crippen LogP contribution is 2.40. The Hall–Kier alpha value is -5.47. The van der Waals surface area contributed by atoms with Gasteiger partial charge in [-0.25, -0.2) is 18.1 Å². The molecule has 58 heavy (non-hydrogen) atoms. The first-order chi connectivity index (χ1) is 28.1. The van der Waals surface area contributed by atoms with Crippen molar-refractivity contribution < 1.29 is 33.4 Å². The molecule has 306 valence electrons. The molecule has 0 radical (unpaired) electrons. The van der Waals surface area contributed by atoms with E-state index in [0.717, 1.165) is 44.2 Å². The first-order valence-electron chi connectivity index (χ1n) is 20.7. The van der Waals surface area contributed by atoms with Gasteiger partial charge in [0.2, 0.25) is 11.8 Å². The summed E-state index contributed by atoms with van der Waals surface area (Å²) in [4.78, 5) is 42.2. The summed E-state index contributed by atoms with van der Waals surface area (Å²) in [6.07, 6.45) is 12.0. The van der Waals surface area contributed by atoms with Crippen molar-refractivity contribution in [1.82, 2.24) is 39.8 Å². The van der Waals surface area contributed by atoms with Crippen molar-refractivity contribution in [3.8, 4) is 5.75 Å². The number of carbonyl (C=O) groups is 3. The van der Waals surface area contributed by atoms with Crippen molar-refractivity contribution in [3.63, 3.8) is 0 Å². The highest BCUT2D eigenvalue weighted by molar-refractivity contribution is 5.80. The van der Waals surface area contributed by atoms with Gasteiger partial charge in [-0.15, -0.1) is 10.2 Å². The SMILES string of the molecule is O=C(CCn1nnc2cc(O)ccc21)N1CCCC2CCCCC21.O=C(O)C1CCN(C(=O)CC(c2ccc(F)cc2)n2nnc3cc(F)ccc32)C2CCCCC12. The van der Waals surface area contributed by atoms with E-state index in [-0.39, 0.29) is 41.8 Å². The lowest BCUT2D eigenvalue weighted by Gasteiger charge is -2.47. The number of carbonyl (C=O) groups excluding carboxylic acids is 2. The van der Waals surface area contributed by atoms with Crippen molar-refractivity contribution in [2.45, 2.75) is 108 Å². The van der Waals surface area contributed by atoms with Crippen LogP contribution in [0.2, 0.25) is 0 Å². The van der Waals surface area contributed by atoms with E-state index in [1.807, 2.05) is 4.90 Å². The van der Waals surface area contributed by atoms with Gasteiger partial charge in [-0.3, -0.25) is 14.4 Å². The van der Waals surface area contributed by atoms with Crippen LogP contribution in [-0.2, 0) is 20.9 Å². The molecule has 6 atom stereocenters. The maximum absolute atomic E-state index is 13.7. The molecule has 0 bridgehead atoms. The van der Waals surface area contributed by atoms with Crippen molar-refractivity contribution in [3.05, 3.63) is 77.9 Å². The second-order valence-electron chi connectivity index (χ2n) is 16.4. The highest BCUT2D eigenvalue weighted by Gasteiger charge is 2.44. The Kier molecular flexibility index (Phi) is 11.7. The Balaban J connectivity index is 0.000000172. The molecule has 9 rings (SSSR count). The topological polar surface area (TPSA) is 160 Å². The van der Waals surface area contributed by atoms with Crippen LogP contribution in [0.15, 0.2) is 60.7 Å². The van der Waals surface area contributed by atoms with Gasteiger partial charge in [0.25, 0.3) is 0 Å². The van der Waals surface area contributed by atoms with Crippen LogP contribution in [0.1, 0.15) is 95.1 Å². The molecule has 4 aliphatic rings. The van der Waals surface area contributed by atoms with E-state index in [4.69, 9.17) is 0 Å². The summed E-state index contributed by atoms with van der Waals surface area (Å²) in [5.41, 5.74) is 3.15. The number of aliphatic carboxylic acids is 1. The number of hydrogen-bond acceptors (Lipinski definition) is 8. The van der Waals surface area contributed by atoms with Crippen molar-refractivity contribution >= 4 is 39.9 Å². The van der Waals surface area contributed by atoms with Crippen LogP contribution in [0.3, 0.4) is 0 Å². The first-order valence-corrected chi connectivity index (χ1v) is 20.7. The minimum atomic E-state index is -0.783. The Morgan fingerprint density at radius 3 is 2.19 bits per heavy atom. The molecule has 2 saturated heterocycles. The van der Waals surface area contributed by atoms with Crippen LogP contribution in [0.4, 0.5) is 8.78 Å². The van der Waals surface area contributed by atoms with Gasteiger partial charge in [0.1, 0.15) is 28.4 Å². The first kappa shape index (κ1) is 39.4. The van der Waals surface area contributed by atoms with Crippen molar-refractivity contribution in [2.75, 3.05) is 13.1 Å². The summed E-state index contributed by atoms with van der Waals surface area (Å²) < 4.78 is 30.7. The second kappa shape index (κ2) is 17.2. The van der Waals surface area contributed by atoms with Crippen LogP contribution in [0.25, 0.3) is 22.1 Å². The van der Waals surface area contributed by atoms with Crippen LogP contribution >= 0.6 is 0 Å². The van der Waals surface area contributed by atoms with Gasteiger partial charge >= 0.3 is 5.97 Å². The number of aromatic nitrogens is 6. The summed E-state index contributed by atoms with van der Waals surface area (Å²) in [7, 11) is 0. The number of piperidine rings is 2. The zero-order valence-electron chi connectivity index (χ0n) is 32.5. The van der Waals surface area contributed by atoms with Gasteiger partial charge in [-0.2, -0.15) is 0 Å². The molecule has 13 nitrogen and oxygen atoms in total. The number of rotatable bonds is 8. The number of halogens is 2. The predicted octanol–water partition coefficient (Wildman–Crippen LogP) is 6.89. The third-order valence-corrected chi connectivity index (χ3v) is 13.0. The number of phenols is 1. The fraction of sp³-hybridized carbons (Fsp3) is 0.512. The monoisotopic (exact) mass is 796 g/mol. The Bertz CT molecular complexity index is 2260. The number of benzene rings is 3. The standard InChI is InChI=1S/C25H26F2N4O3.C18H24N4O2/c26-16-7-5-15(6-8-16)23(31-22-10-9-17(27)13-20(22)28-29-31)14-24(32)30-12-11-19(25(33)34)18-3-1-2-4-21(18)30;23-14-7-8-17-15(12-14)19-20-22(17)11-9-18(24)21-10-3-5-13-4-1-2-6-16(13)21/h5-10,13,18-19,21,23H,1-4,11-12,14H2,(H,33,34);7-8,12-13,16,23H,1-6,9-11H2. The average molecular weight is 797 g/mol. The number of phenolic OH excluding ortho intramolecular Hbond substituents is 1. The fourth-order valence-corrected chi connectivity index (χ4v) is 10.1. The maximum Gasteiger partial charge on any atom is 0.306 e. The van der Waals surface area contributed by atoms with E-state index in [9.17, 15) is 33.4 Å². The summed E-state index contributed by atoms with van der Waals surface area (Å²) in [6, 6.07) is 14.9. The Morgan fingerprint density at radius 2 is 1.38 bits per heavy atom. The number of aromatic hydroxyl groups is 1. The minimum Gasteiger partial charge on any atom is -0.508 e. The average Bonchev–Trinajstić information content (AvgIpc) is 3.84. The van der Waals surface area contributed by atoms with Gasteiger partial charge < -0.3 is 20.0 Å². The molecular formula is C43H50F2N8O5. The number of amides is 2. The molecule has 6 unspecified atom stereocenters. The molecule has 2 amide bonds. The number of carboxylic acid groups (broad SMARTS) is 1. The number of hydrogen-bond donors (Lipinski definition) is 2. The summed E-state index contributed by atoms with van der Waals surface area (Å²) in [5, 5.41) is 35.6. The van der Waals surface area contributed by atoms with Gasteiger partial charge in [-0.05, 0) is 98.7 Å². The Morgan fingerprint density at radius 1 is 0.707 bits per heavy atom. The number of fused-ring (bicyclic) bond motifs is 4. The summed E-state index contributed by atoms with van der Waals surface area (Å²) in [6.45, 7) is 1.84. The Labute approximate surface area is 335 Å². The largest absolute Gasteiger partial charge is 0.508 e. The molecular weight excluding hydrogens is 747 g/mol. The summed E-state index contributed by atoms with van der Waals surface area (Å²) in [5.74, 6) is -1.02. The third kappa shape index (κ3) is 8.26. The zero-order valence-corrected chi connectivity index (χ0v) is 32.5. The van der Waals surface area contributed by atoms with Crippen molar-refractivity contribution in [2.24, 2.45) is 17.8 Å². The third-order valence-electron chi connectivity index (χ3n) is 13.0. The van der Waals surface area contributed by atoms with E-state index in [2.05, 4.69) is 25.5 Å². The lowest BCUT2D eigenvalue weighted by atomic mass is 9.71. The molecule has 2 aliphatic heterocycles. The van der Waals surface area contributed by atoms with Gasteiger partial charge in [0, 0.05) is 43.7 Å². The highest BCUT2D eigenvalue weighted by atomic mass is 19.1. The number of carboxylic acids is 1. The molecule has 2 saturated carbocycles. The minimum absolute atomic E-state index is 0.0385. The number of nitrogens with zero attached hydrogens (tertiary/aromatic N) is 8. The number of aryl methyl sites for hydroxylation is 1. The van der Waals surface area contributed by atoms with Gasteiger partial charge in [0.05, 0.1) is 36.0 Å². The van der Waals surface area contributed by atoms with E-state index < -0.39 is 23.7 Å².